The average molecular weight is 397 g/mol. The van der Waals surface area contributed by atoms with Crippen LogP contribution in [-0.4, -0.2) is 60.1 Å². The minimum atomic E-state index is -0.0892. The van der Waals surface area contributed by atoms with Crippen molar-refractivity contribution in [3.05, 3.63) is 35.0 Å². The first-order valence-corrected chi connectivity index (χ1v) is 10.2. The van der Waals surface area contributed by atoms with Crippen LogP contribution in [0.5, 0.6) is 0 Å². The van der Waals surface area contributed by atoms with Gasteiger partial charge in [0.15, 0.2) is 5.82 Å². The van der Waals surface area contributed by atoms with Crippen molar-refractivity contribution in [1.82, 2.24) is 25.2 Å². The van der Waals surface area contributed by atoms with Crippen LogP contribution in [0.15, 0.2) is 24.5 Å². The highest BCUT2D eigenvalue weighted by atomic mass is 32.1. The zero-order valence-electron chi connectivity index (χ0n) is 16.4. The molecule has 7 nitrogen and oxygen atoms in total. The number of hydrogen-bond donors (Lipinski definition) is 1. The van der Waals surface area contributed by atoms with E-state index in [9.17, 15) is 4.79 Å². The molecule has 0 unspecified atom stereocenters. The Labute approximate surface area is 168 Å². The molecule has 0 saturated heterocycles. The van der Waals surface area contributed by atoms with Crippen LogP contribution in [-0.2, 0) is 12.8 Å². The summed E-state index contributed by atoms with van der Waals surface area (Å²) < 4.78 is 0. The maximum atomic E-state index is 11.8. The lowest BCUT2D eigenvalue weighted by Gasteiger charge is -2.21. The highest BCUT2D eigenvalue weighted by Crippen LogP contribution is 2.41. The summed E-state index contributed by atoms with van der Waals surface area (Å²) in [6, 6.07) is 3.79. The molecule has 3 aromatic rings. The minimum absolute atomic E-state index is 0.0892. The molecule has 28 heavy (non-hydrogen) atoms. The predicted octanol–water partition coefficient (Wildman–Crippen LogP) is 2.95. The van der Waals surface area contributed by atoms with Crippen molar-refractivity contribution in [3.8, 4) is 11.4 Å². The lowest BCUT2D eigenvalue weighted by molar-refractivity contribution is 0.217. The van der Waals surface area contributed by atoms with Crippen molar-refractivity contribution in [2.45, 2.75) is 19.3 Å². The molecule has 1 aliphatic carbocycles. The second kappa shape index (κ2) is 7.71. The van der Waals surface area contributed by atoms with Crippen LogP contribution in [0.4, 0.5) is 10.6 Å². The standard InChI is InChI=1S/C20H24N6OS/c1-25(2)20(27)22-10-11-26(3)18-16-14-7-4-8-15(14)28-19(16)24-17(23-18)13-6-5-9-21-12-13/h5-6,9,12H,4,7-8,10-11H2,1-3H3,(H,22,27). The van der Waals surface area contributed by atoms with Gasteiger partial charge in [-0.15, -0.1) is 11.3 Å². The number of likely N-dealkylation sites (N-methyl/N-ethyl adjacent to an activating group) is 1. The molecule has 1 N–H and O–H groups in total. The number of aryl methyl sites for hydroxylation is 2. The van der Waals surface area contributed by atoms with Gasteiger partial charge in [-0.1, -0.05) is 0 Å². The van der Waals surface area contributed by atoms with Gasteiger partial charge in [-0.05, 0) is 37.0 Å². The molecule has 0 spiro atoms. The highest BCUT2D eigenvalue weighted by Gasteiger charge is 2.24. The van der Waals surface area contributed by atoms with Gasteiger partial charge in [0.05, 0.1) is 5.39 Å². The fraction of sp³-hybridized carbons (Fsp3) is 0.400. The molecule has 0 saturated carbocycles. The van der Waals surface area contributed by atoms with E-state index in [0.29, 0.717) is 18.9 Å². The van der Waals surface area contributed by atoms with E-state index in [2.05, 4.69) is 15.2 Å². The summed E-state index contributed by atoms with van der Waals surface area (Å²) in [4.78, 5) is 31.9. The Balaban J connectivity index is 1.69. The molecule has 0 atom stereocenters. The van der Waals surface area contributed by atoms with Gasteiger partial charge in [0.2, 0.25) is 0 Å². The molecule has 3 heterocycles. The highest BCUT2D eigenvalue weighted by molar-refractivity contribution is 7.19. The molecule has 146 valence electrons. The van der Waals surface area contributed by atoms with Gasteiger partial charge in [-0.2, -0.15) is 0 Å². The van der Waals surface area contributed by atoms with E-state index in [1.807, 2.05) is 19.2 Å². The Kier molecular flexibility index (Phi) is 5.13. The van der Waals surface area contributed by atoms with Gasteiger partial charge < -0.3 is 15.1 Å². The van der Waals surface area contributed by atoms with Gasteiger partial charge >= 0.3 is 6.03 Å². The second-order valence-electron chi connectivity index (χ2n) is 7.20. The third-order valence-corrected chi connectivity index (χ3v) is 6.14. The summed E-state index contributed by atoms with van der Waals surface area (Å²) >= 11 is 1.78. The van der Waals surface area contributed by atoms with Crippen molar-refractivity contribution in [2.24, 2.45) is 0 Å². The van der Waals surface area contributed by atoms with E-state index >= 15 is 0 Å². The summed E-state index contributed by atoms with van der Waals surface area (Å²) in [6.07, 6.45) is 6.96. The van der Waals surface area contributed by atoms with E-state index in [-0.39, 0.29) is 6.03 Å². The number of carbonyl (C=O) groups is 1. The number of urea groups is 1. The molecule has 1 aliphatic rings. The number of nitrogens with one attached hydrogen (secondary N) is 1. The Morgan fingerprint density at radius 2 is 2.11 bits per heavy atom. The quantitative estimate of drug-likeness (QED) is 0.718. The molecule has 0 bridgehead atoms. The van der Waals surface area contributed by atoms with Crippen LogP contribution < -0.4 is 10.2 Å². The Morgan fingerprint density at radius 1 is 1.25 bits per heavy atom. The number of nitrogens with zero attached hydrogens (tertiary/aromatic N) is 5. The molecule has 8 heteroatoms. The maximum absolute atomic E-state index is 11.8. The number of hydrogen-bond acceptors (Lipinski definition) is 6. The molecule has 3 aromatic heterocycles. The molecule has 0 aromatic carbocycles. The second-order valence-corrected chi connectivity index (χ2v) is 8.28. The first-order valence-electron chi connectivity index (χ1n) is 9.43. The number of amides is 2. The normalized spacial score (nSPS) is 12.8. The molecule has 0 aliphatic heterocycles. The van der Waals surface area contributed by atoms with Crippen molar-refractivity contribution < 1.29 is 4.79 Å². The summed E-state index contributed by atoms with van der Waals surface area (Å²) in [5.41, 5.74) is 2.31. The van der Waals surface area contributed by atoms with Gasteiger partial charge in [0.1, 0.15) is 10.6 Å². The lowest BCUT2D eigenvalue weighted by Crippen LogP contribution is -2.39. The van der Waals surface area contributed by atoms with E-state index in [1.54, 1.807) is 37.8 Å². The summed E-state index contributed by atoms with van der Waals surface area (Å²) in [5.74, 6) is 1.63. The number of rotatable bonds is 5. The Hall–Kier alpha value is -2.74. The van der Waals surface area contributed by atoms with Gasteiger partial charge in [0.25, 0.3) is 0 Å². The fourth-order valence-corrected chi connectivity index (χ4v) is 4.73. The smallest absolute Gasteiger partial charge is 0.316 e. The fourth-order valence-electron chi connectivity index (χ4n) is 3.47. The van der Waals surface area contributed by atoms with E-state index in [0.717, 1.165) is 29.1 Å². The van der Waals surface area contributed by atoms with E-state index in [1.165, 1.54) is 27.1 Å². The van der Waals surface area contributed by atoms with Crippen LogP contribution in [0.2, 0.25) is 0 Å². The zero-order chi connectivity index (χ0) is 19.7. The van der Waals surface area contributed by atoms with E-state index < -0.39 is 0 Å². The summed E-state index contributed by atoms with van der Waals surface area (Å²) in [6.45, 7) is 1.22. The van der Waals surface area contributed by atoms with Crippen LogP contribution in [0.3, 0.4) is 0 Å². The monoisotopic (exact) mass is 396 g/mol. The van der Waals surface area contributed by atoms with Gasteiger partial charge in [0, 0.05) is 57.1 Å². The first-order chi connectivity index (χ1) is 13.5. The molecule has 0 fully saturated rings. The largest absolute Gasteiger partial charge is 0.357 e. The number of anilines is 1. The average Bonchev–Trinajstić information content (AvgIpc) is 3.28. The van der Waals surface area contributed by atoms with E-state index in [4.69, 9.17) is 9.97 Å². The summed E-state index contributed by atoms with van der Waals surface area (Å²) in [7, 11) is 5.50. The molecular weight excluding hydrogens is 372 g/mol. The van der Waals surface area contributed by atoms with Crippen LogP contribution in [0, 0.1) is 0 Å². The number of carbonyl (C=O) groups excluding carboxylic acids is 1. The molecule has 4 rings (SSSR count). The van der Waals surface area contributed by atoms with Crippen molar-refractivity contribution in [1.29, 1.82) is 0 Å². The third-order valence-electron chi connectivity index (χ3n) is 4.96. The molecular formula is C20H24N6OS. The predicted molar refractivity (Wildman–Crippen MR) is 113 cm³/mol. The van der Waals surface area contributed by atoms with Gasteiger partial charge in [-0.3, -0.25) is 4.98 Å². The molecule has 0 radical (unpaired) electrons. The number of aromatic nitrogens is 3. The van der Waals surface area contributed by atoms with Crippen molar-refractivity contribution >= 4 is 33.4 Å². The number of fused-ring (bicyclic) bond motifs is 3. The summed E-state index contributed by atoms with van der Waals surface area (Å²) in [5, 5.41) is 4.09. The first kappa shape index (κ1) is 18.6. The zero-order valence-corrected chi connectivity index (χ0v) is 17.2. The lowest BCUT2D eigenvalue weighted by atomic mass is 10.1. The topological polar surface area (TPSA) is 74.2 Å². The van der Waals surface area contributed by atoms with Crippen LogP contribution in [0.25, 0.3) is 21.6 Å². The minimum Gasteiger partial charge on any atom is -0.357 e. The SMILES string of the molecule is CN(C)C(=O)NCCN(C)c1nc(-c2cccnc2)nc2sc3c(c12)CCC3. The number of pyridine rings is 1. The van der Waals surface area contributed by atoms with Crippen molar-refractivity contribution in [2.75, 3.05) is 39.1 Å². The van der Waals surface area contributed by atoms with Gasteiger partial charge in [-0.25, -0.2) is 14.8 Å². The van der Waals surface area contributed by atoms with Crippen molar-refractivity contribution in [3.63, 3.8) is 0 Å². The maximum Gasteiger partial charge on any atom is 0.316 e. The third kappa shape index (κ3) is 3.52. The number of thiophene rings is 1. The Bertz CT molecular complexity index is 1000. The Morgan fingerprint density at radius 3 is 2.86 bits per heavy atom. The van der Waals surface area contributed by atoms with Crippen LogP contribution >= 0.6 is 11.3 Å². The molecule has 2 amide bonds. The van der Waals surface area contributed by atoms with Crippen LogP contribution in [0.1, 0.15) is 16.9 Å².